The van der Waals surface area contributed by atoms with Crippen molar-refractivity contribution in [3.8, 4) is 0 Å². The number of ether oxygens (including phenoxy) is 1. The Morgan fingerprint density at radius 2 is 2.16 bits per heavy atom. The van der Waals surface area contributed by atoms with E-state index in [1.165, 1.54) is 0 Å². The largest absolute Gasteiger partial charge is 0.387 e. The third kappa shape index (κ3) is 2.89. The minimum absolute atomic E-state index is 0.0794. The molecule has 2 rings (SSSR count). The minimum Gasteiger partial charge on any atom is -0.387 e. The van der Waals surface area contributed by atoms with Gasteiger partial charge >= 0.3 is 0 Å². The Morgan fingerprint density at radius 3 is 2.84 bits per heavy atom. The summed E-state index contributed by atoms with van der Waals surface area (Å²) in [5.74, 6) is 0.0794. The maximum atomic E-state index is 12.7. The number of carbonyl (C=O) groups is 1. The van der Waals surface area contributed by atoms with Gasteiger partial charge in [-0.05, 0) is 32.9 Å². The van der Waals surface area contributed by atoms with E-state index in [1.807, 2.05) is 50.9 Å². The van der Waals surface area contributed by atoms with Crippen LogP contribution in [0, 0.1) is 6.92 Å². The molecule has 104 valence electrons. The zero-order chi connectivity index (χ0) is 14.0. The van der Waals surface area contributed by atoms with E-state index in [9.17, 15) is 4.79 Å². The second-order valence-electron chi connectivity index (χ2n) is 5.25. The first kappa shape index (κ1) is 13.9. The van der Waals surface area contributed by atoms with Gasteiger partial charge in [-0.25, -0.2) is 0 Å². The van der Waals surface area contributed by atoms with E-state index in [1.54, 1.807) is 0 Å². The van der Waals surface area contributed by atoms with E-state index in [-0.39, 0.29) is 18.1 Å². The van der Waals surface area contributed by atoms with E-state index in [4.69, 9.17) is 4.74 Å². The molecule has 1 saturated heterocycles. The van der Waals surface area contributed by atoms with Crippen molar-refractivity contribution in [1.82, 2.24) is 4.90 Å². The van der Waals surface area contributed by atoms with Crippen LogP contribution < -0.4 is 5.32 Å². The zero-order valence-corrected chi connectivity index (χ0v) is 12.1. The highest BCUT2D eigenvalue weighted by Gasteiger charge is 2.29. The molecule has 1 aliphatic heterocycles. The zero-order valence-electron chi connectivity index (χ0n) is 12.1. The van der Waals surface area contributed by atoms with Crippen LogP contribution in [0.4, 0.5) is 5.69 Å². The standard InChI is InChI=1S/C15H22N2O2/c1-10-5-6-14(16-4)13(7-10)15(18)17-8-12(3)19-9-11(17)2/h5-7,11-12,16H,8-9H2,1-4H3. The van der Waals surface area contributed by atoms with Crippen molar-refractivity contribution in [2.75, 3.05) is 25.5 Å². The number of benzene rings is 1. The molecule has 4 nitrogen and oxygen atoms in total. The highest BCUT2D eigenvalue weighted by Crippen LogP contribution is 2.22. The van der Waals surface area contributed by atoms with E-state index >= 15 is 0 Å². The molecule has 4 heteroatoms. The van der Waals surface area contributed by atoms with Gasteiger partial charge in [-0.1, -0.05) is 11.6 Å². The molecule has 0 aliphatic carbocycles. The van der Waals surface area contributed by atoms with Gasteiger partial charge < -0.3 is 15.0 Å². The van der Waals surface area contributed by atoms with Crippen molar-refractivity contribution in [2.45, 2.75) is 32.9 Å². The predicted octanol–water partition coefficient (Wildman–Crippen LogP) is 2.29. The van der Waals surface area contributed by atoms with Crippen LogP contribution in [-0.2, 0) is 4.74 Å². The van der Waals surface area contributed by atoms with E-state index in [0.29, 0.717) is 13.2 Å². The summed E-state index contributed by atoms with van der Waals surface area (Å²) in [5.41, 5.74) is 2.71. The summed E-state index contributed by atoms with van der Waals surface area (Å²) >= 11 is 0. The third-order valence-electron chi connectivity index (χ3n) is 3.54. The summed E-state index contributed by atoms with van der Waals surface area (Å²) in [6.45, 7) is 7.28. The van der Waals surface area contributed by atoms with Gasteiger partial charge in [0.25, 0.3) is 5.91 Å². The maximum Gasteiger partial charge on any atom is 0.256 e. The number of nitrogens with zero attached hydrogens (tertiary/aromatic N) is 1. The minimum atomic E-state index is 0.0794. The summed E-state index contributed by atoms with van der Waals surface area (Å²) in [7, 11) is 1.84. The molecule has 0 radical (unpaired) electrons. The molecular weight excluding hydrogens is 240 g/mol. The van der Waals surface area contributed by atoms with Crippen molar-refractivity contribution in [2.24, 2.45) is 0 Å². The molecule has 1 N–H and O–H groups in total. The highest BCUT2D eigenvalue weighted by atomic mass is 16.5. The SMILES string of the molecule is CNc1ccc(C)cc1C(=O)N1CC(C)OCC1C. The molecule has 1 aromatic rings. The van der Waals surface area contributed by atoms with Crippen molar-refractivity contribution in [3.63, 3.8) is 0 Å². The lowest BCUT2D eigenvalue weighted by Gasteiger charge is -2.37. The number of morpholine rings is 1. The molecule has 1 aliphatic rings. The highest BCUT2D eigenvalue weighted by molar-refractivity contribution is 6.00. The van der Waals surface area contributed by atoms with Crippen LogP contribution in [0.25, 0.3) is 0 Å². The first-order valence-corrected chi connectivity index (χ1v) is 6.74. The van der Waals surface area contributed by atoms with Crippen LogP contribution in [0.1, 0.15) is 29.8 Å². The van der Waals surface area contributed by atoms with Gasteiger partial charge in [-0.15, -0.1) is 0 Å². The Labute approximate surface area is 114 Å². The van der Waals surface area contributed by atoms with Gasteiger partial charge in [0, 0.05) is 19.3 Å². The molecule has 19 heavy (non-hydrogen) atoms. The second-order valence-corrected chi connectivity index (χ2v) is 5.25. The fourth-order valence-electron chi connectivity index (χ4n) is 2.39. The fraction of sp³-hybridized carbons (Fsp3) is 0.533. The average molecular weight is 262 g/mol. The number of amides is 1. The van der Waals surface area contributed by atoms with Crippen LogP contribution in [-0.4, -0.2) is 43.2 Å². The van der Waals surface area contributed by atoms with Crippen LogP contribution in [0.3, 0.4) is 0 Å². The van der Waals surface area contributed by atoms with Crippen molar-refractivity contribution in [1.29, 1.82) is 0 Å². The number of aryl methyl sites for hydroxylation is 1. The Morgan fingerprint density at radius 1 is 1.42 bits per heavy atom. The average Bonchev–Trinajstić information content (AvgIpc) is 2.40. The maximum absolute atomic E-state index is 12.7. The normalized spacial score (nSPS) is 23.3. The fourth-order valence-corrected chi connectivity index (χ4v) is 2.39. The van der Waals surface area contributed by atoms with E-state index < -0.39 is 0 Å². The lowest BCUT2D eigenvalue weighted by atomic mass is 10.1. The number of rotatable bonds is 2. The number of anilines is 1. The van der Waals surface area contributed by atoms with Gasteiger partial charge in [0.1, 0.15) is 0 Å². The summed E-state index contributed by atoms with van der Waals surface area (Å²) in [6, 6.07) is 6.03. The van der Waals surface area contributed by atoms with Gasteiger partial charge in [-0.2, -0.15) is 0 Å². The molecule has 1 aromatic carbocycles. The molecule has 1 fully saturated rings. The summed E-state index contributed by atoms with van der Waals surface area (Å²) < 4.78 is 5.58. The lowest BCUT2D eigenvalue weighted by molar-refractivity contribution is -0.0386. The predicted molar refractivity (Wildman–Crippen MR) is 76.6 cm³/mol. The Balaban J connectivity index is 2.30. The molecular formula is C15H22N2O2. The van der Waals surface area contributed by atoms with Gasteiger partial charge in [-0.3, -0.25) is 4.79 Å². The van der Waals surface area contributed by atoms with Crippen LogP contribution >= 0.6 is 0 Å². The quantitative estimate of drug-likeness (QED) is 0.889. The Bertz CT molecular complexity index is 473. The molecule has 2 unspecified atom stereocenters. The molecule has 2 atom stereocenters. The number of hydrogen-bond acceptors (Lipinski definition) is 3. The second kappa shape index (κ2) is 5.61. The number of nitrogens with one attached hydrogen (secondary N) is 1. The van der Waals surface area contributed by atoms with Crippen LogP contribution in [0.5, 0.6) is 0 Å². The van der Waals surface area contributed by atoms with Crippen LogP contribution in [0.2, 0.25) is 0 Å². The first-order valence-electron chi connectivity index (χ1n) is 6.74. The smallest absolute Gasteiger partial charge is 0.256 e. The third-order valence-corrected chi connectivity index (χ3v) is 3.54. The van der Waals surface area contributed by atoms with Crippen molar-refractivity contribution >= 4 is 11.6 Å². The first-order chi connectivity index (χ1) is 9.02. The summed E-state index contributed by atoms with van der Waals surface area (Å²) in [4.78, 5) is 14.6. The molecule has 0 aromatic heterocycles. The summed E-state index contributed by atoms with van der Waals surface area (Å²) in [5, 5.41) is 3.09. The summed E-state index contributed by atoms with van der Waals surface area (Å²) in [6.07, 6.45) is 0.1000. The van der Waals surface area contributed by atoms with Crippen LogP contribution in [0.15, 0.2) is 18.2 Å². The Kier molecular flexibility index (Phi) is 4.10. The number of carbonyl (C=O) groups excluding carboxylic acids is 1. The molecule has 1 heterocycles. The van der Waals surface area contributed by atoms with E-state index in [0.717, 1.165) is 16.8 Å². The molecule has 1 amide bonds. The molecule has 0 spiro atoms. The van der Waals surface area contributed by atoms with Gasteiger partial charge in [0.05, 0.1) is 24.3 Å². The Hall–Kier alpha value is -1.55. The number of hydrogen-bond donors (Lipinski definition) is 1. The lowest BCUT2D eigenvalue weighted by Crippen LogP contribution is -2.50. The van der Waals surface area contributed by atoms with Crippen molar-refractivity contribution in [3.05, 3.63) is 29.3 Å². The van der Waals surface area contributed by atoms with Gasteiger partial charge in [0.2, 0.25) is 0 Å². The van der Waals surface area contributed by atoms with E-state index in [2.05, 4.69) is 5.32 Å². The molecule has 0 bridgehead atoms. The van der Waals surface area contributed by atoms with Crippen molar-refractivity contribution < 1.29 is 9.53 Å². The topological polar surface area (TPSA) is 41.6 Å². The molecule has 0 saturated carbocycles. The van der Waals surface area contributed by atoms with Gasteiger partial charge in [0.15, 0.2) is 0 Å². The monoisotopic (exact) mass is 262 g/mol.